The molecule has 0 saturated heterocycles. The monoisotopic (exact) mass is 283 g/mol. The van der Waals surface area contributed by atoms with Gasteiger partial charge in [0, 0.05) is 13.5 Å². The van der Waals surface area contributed by atoms with E-state index in [0.717, 1.165) is 19.2 Å². The van der Waals surface area contributed by atoms with Crippen LogP contribution in [0.25, 0.3) is 6.08 Å². The summed E-state index contributed by atoms with van der Waals surface area (Å²) < 4.78 is 31.5. The van der Waals surface area contributed by atoms with E-state index in [1.165, 1.54) is 13.0 Å². The third-order valence-corrected chi connectivity index (χ3v) is 2.45. The molecule has 0 bridgehead atoms. The van der Waals surface area contributed by atoms with Crippen molar-refractivity contribution >= 4 is 18.0 Å². The van der Waals surface area contributed by atoms with E-state index in [4.69, 9.17) is 0 Å². The first-order chi connectivity index (χ1) is 9.45. The molecule has 1 aromatic rings. The van der Waals surface area contributed by atoms with E-state index in [1.54, 1.807) is 6.08 Å². The summed E-state index contributed by atoms with van der Waals surface area (Å²) in [5.74, 6) is -3.14. The Kier molecular flexibility index (Phi) is 5.83. The molecular weight excluding hydrogens is 268 g/mol. The van der Waals surface area contributed by atoms with Gasteiger partial charge in [-0.3, -0.25) is 4.79 Å². The lowest BCUT2D eigenvalue weighted by Crippen LogP contribution is -2.20. The van der Waals surface area contributed by atoms with Gasteiger partial charge >= 0.3 is 5.97 Å². The lowest BCUT2D eigenvalue weighted by molar-refractivity contribution is -0.118. The summed E-state index contributed by atoms with van der Waals surface area (Å²) in [7, 11) is 1.05. The maximum Gasteiger partial charge on any atom is 0.343 e. The molecule has 1 rings (SSSR count). The maximum absolute atomic E-state index is 13.6. The first-order valence-electron chi connectivity index (χ1n) is 5.94. The largest absolute Gasteiger partial charge is 0.465 e. The average Bonchev–Trinajstić information content (AvgIpc) is 2.36. The van der Waals surface area contributed by atoms with E-state index in [9.17, 15) is 18.4 Å². The molecule has 0 aromatic heterocycles. The van der Waals surface area contributed by atoms with Crippen molar-refractivity contribution in [3.8, 4) is 0 Å². The summed E-state index contributed by atoms with van der Waals surface area (Å²) >= 11 is 0. The molecule has 6 heteroatoms. The van der Waals surface area contributed by atoms with Gasteiger partial charge in [0.25, 0.3) is 0 Å². The fourth-order valence-electron chi connectivity index (χ4n) is 1.54. The highest BCUT2D eigenvalue weighted by atomic mass is 19.1. The maximum atomic E-state index is 13.6. The molecule has 4 nitrogen and oxygen atoms in total. The number of carbonyl (C=O) groups excluding carboxylic acids is 2. The third-order valence-electron chi connectivity index (χ3n) is 2.45. The van der Waals surface area contributed by atoms with Crippen molar-refractivity contribution in [1.29, 1.82) is 0 Å². The zero-order valence-corrected chi connectivity index (χ0v) is 11.2. The van der Waals surface area contributed by atoms with Gasteiger partial charge in [-0.2, -0.15) is 0 Å². The molecule has 0 atom stereocenters. The van der Waals surface area contributed by atoms with Crippen LogP contribution in [0.1, 0.15) is 29.3 Å². The molecule has 1 N–H and O–H groups in total. The van der Waals surface area contributed by atoms with Crippen molar-refractivity contribution < 1.29 is 23.1 Å². The Morgan fingerprint density at radius 3 is 2.40 bits per heavy atom. The number of hydrogen-bond acceptors (Lipinski definition) is 3. The number of hydrogen-bond donors (Lipinski definition) is 1. The Balaban J connectivity index is 2.76. The highest BCUT2D eigenvalue weighted by Crippen LogP contribution is 2.17. The summed E-state index contributed by atoms with van der Waals surface area (Å²) in [6.45, 7) is 1.84. The van der Waals surface area contributed by atoms with Crippen molar-refractivity contribution in [3.63, 3.8) is 0 Å². The van der Waals surface area contributed by atoms with Crippen LogP contribution in [-0.4, -0.2) is 25.5 Å². The minimum Gasteiger partial charge on any atom is -0.465 e. The highest BCUT2D eigenvalue weighted by molar-refractivity contribution is 5.90. The van der Waals surface area contributed by atoms with E-state index >= 15 is 0 Å². The summed E-state index contributed by atoms with van der Waals surface area (Å²) in [5, 5.41) is 2.59. The summed E-state index contributed by atoms with van der Waals surface area (Å²) in [4.78, 5) is 21.8. The Morgan fingerprint density at radius 2 is 1.90 bits per heavy atom. The first kappa shape index (κ1) is 15.8. The molecule has 0 aliphatic rings. The molecule has 0 unspecified atom stereocenters. The molecule has 108 valence electrons. The van der Waals surface area contributed by atoms with Crippen LogP contribution in [0.4, 0.5) is 8.78 Å². The Bertz CT molecular complexity index is 518. The normalized spacial score (nSPS) is 10.6. The second kappa shape index (κ2) is 7.37. The predicted octanol–water partition coefficient (Wildman–Crippen LogP) is 2.29. The Labute approximate surface area is 115 Å². The van der Waals surface area contributed by atoms with E-state index in [2.05, 4.69) is 10.1 Å². The summed E-state index contributed by atoms with van der Waals surface area (Å²) in [6, 6.07) is 2.09. The van der Waals surface area contributed by atoms with Crippen LogP contribution in [0.15, 0.2) is 18.2 Å². The Morgan fingerprint density at radius 1 is 1.30 bits per heavy atom. The highest BCUT2D eigenvalue weighted by Gasteiger charge is 2.18. The minimum absolute atomic E-state index is 0.141. The average molecular weight is 283 g/mol. The molecular formula is C14H15F2NO3. The second-order valence-electron chi connectivity index (χ2n) is 4.03. The number of esters is 1. The quantitative estimate of drug-likeness (QED) is 0.666. The lowest BCUT2D eigenvalue weighted by Gasteiger charge is -2.04. The van der Waals surface area contributed by atoms with Gasteiger partial charge in [0.15, 0.2) is 0 Å². The predicted molar refractivity (Wildman–Crippen MR) is 70.0 cm³/mol. The SMILES string of the molecule is COC(=O)c1c(F)cc(C=CCCNC(C)=O)cc1F. The topological polar surface area (TPSA) is 55.4 Å². The number of ether oxygens (including phenoxy) is 1. The molecule has 0 aliphatic heterocycles. The molecule has 0 spiro atoms. The molecule has 0 heterocycles. The van der Waals surface area contributed by atoms with Gasteiger partial charge in [0.2, 0.25) is 5.91 Å². The van der Waals surface area contributed by atoms with Crippen LogP contribution in [0.3, 0.4) is 0 Å². The van der Waals surface area contributed by atoms with Crippen molar-refractivity contribution in [1.82, 2.24) is 5.32 Å². The van der Waals surface area contributed by atoms with Crippen LogP contribution >= 0.6 is 0 Å². The van der Waals surface area contributed by atoms with Gasteiger partial charge < -0.3 is 10.1 Å². The Hall–Kier alpha value is -2.24. The number of nitrogens with one attached hydrogen (secondary N) is 1. The van der Waals surface area contributed by atoms with Gasteiger partial charge in [-0.05, 0) is 24.1 Å². The van der Waals surface area contributed by atoms with Crippen LogP contribution in [0, 0.1) is 11.6 Å². The molecule has 1 amide bonds. The van der Waals surface area contributed by atoms with E-state index < -0.39 is 23.2 Å². The van der Waals surface area contributed by atoms with Crippen LogP contribution in [0.2, 0.25) is 0 Å². The van der Waals surface area contributed by atoms with Gasteiger partial charge in [-0.15, -0.1) is 0 Å². The van der Waals surface area contributed by atoms with Crippen molar-refractivity contribution in [2.24, 2.45) is 0 Å². The smallest absolute Gasteiger partial charge is 0.343 e. The van der Waals surface area contributed by atoms with E-state index in [1.807, 2.05) is 0 Å². The molecule has 0 fully saturated rings. The molecule has 0 saturated carbocycles. The minimum atomic E-state index is -1.05. The van der Waals surface area contributed by atoms with Crippen LogP contribution in [0.5, 0.6) is 0 Å². The number of benzene rings is 1. The van der Waals surface area contributed by atoms with Gasteiger partial charge in [0.1, 0.15) is 17.2 Å². The van der Waals surface area contributed by atoms with Gasteiger partial charge in [-0.1, -0.05) is 12.2 Å². The third kappa shape index (κ3) is 4.46. The molecule has 0 radical (unpaired) electrons. The van der Waals surface area contributed by atoms with E-state index in [0.29, 0.717) is 13.0 Å². The number of carbonyl (C=O) groups is 2. The molecule has 20 heavy (non-hydrogen) atoms. The van der Waals surface area contributed by atoms with Crippen LogP contribution < -0.4 is 5.32 Å². The fourth-order valence-corrected chi connectivity index (χ4v) is 1.54. The second-order valence-corrected chi connectivity index (χ2v) is 4.03. The number of rotatable bonds is 5. The van der Waals surface area contributed by atoms with Crippen molar-refractivity contribution in [2.75, 3.05) is 13.7 Å². The van der Waals surface area contributed by atoms with Gasteiger partial charge in [0.05, 0.1) is 7.11 Å². The first-order valence-corrected chi connectivity index (χ1v) is 5.94. The lowest BCUT2D eigenvalue weighted by atomic mass is 10.1. The zero-order valence-electron chi connectivity index (χ0n) is 11.2. The fraction of sp³-hybridized carbons (Fsp3) is 0.286. The standard InChI is InChI=1S/C14H15F2NO3/c1-9(18)17-6-4-3-5-10-7-11(15)13(12(16)8-10)14(19)20-2/h3,5,7-8H,4,6H2,1-2H3,(H,17,18). The summed E-state index contributed by atoms with van der Waals surface area (Å²) in [5.41, 5.74) is -0.418. The zero-order chi connectivity index (χ0) is 15.1. The summed E-state index contributed by atoms with van der Waals surface area (Å²) in [6.07, 6.45) is 3.71. The van der Waals surface area contributed by atoms with Crippen molar-refractivity contribution in [3.05, 3.63) is 41.0 Å². The van der Waals surface area contributed by atoms with Crippen LogP contribution in [-0.2, 0) is 9.53 Å². The molecule has 1 aromatic carbocycles. The molecule has 0 aliphatic carbocycles. The number of methoxy groups -OCH3 is 1. The number of amides is 1. The number of halogens is 2. The van der Waals surface area contributed by atoms with Crippen molar-refractivity contribution in [2.45, 2.75) is 13.3 Å². The van der Waals surface area contributed by atoms with Gasteiger partial charge in [-0.25, -0.2) is 13.6 Å². The van der Waals surface area contributed by atoms with E-state index in [-0.39, 0.29) is 11.5 Å².